The van der Waals surface area contributed by atoms with Gasteiger partial charge in [-0.2, -0.15) is 0 Å². The third-order valence-corrected chi connectivity index (χ3v) is 6.59. The molecule has 1 aromatic heterocycles. The van der Waals surface area contributed by atoms with Crippen molar-refractivity contribution >= 4 is 59.1 Å². The number of nitrogens with two attached hydrogens (primary N) is 1. The Morgan fingerprint density at radius 3 is 2.41 bits per heavy atom. The maximum Gasteiger partial charge on any atom is 0.0843 e. The molecule has 0 amide bonds. The molecule has 1 atom stereocenters. The van der Waals surface area contributed by atoms with Crippen molar-refractivity contribution in [1.29, 1.82) is 0 Å². The Balaban J connectivity index is 2.17. The molecule has 5 heteroatoms. The predicted molar refractivity (Wildman–Crippen MR) is 84.5 cm³/mol. The second-order valence-electron chi connectivity index (χ2n) is 3.67. The average molecular weight is 440 g/mol. The third kappa shape index (κ3) is 3.41. The van der Waals surface area contributed by atoms with Gasteiger partial charge < -0.3 is 5.73 Å². The molecule has 0 bridgehead atoms. The van der Waals surface area contributed by atoms with E-state index < -0.39 is 0 Å². The molecule has 1 nitrogen and oxygen atoms in total. The second kappa shape index (κ2) is 5.97. The van der Waals surface area contributed by atoms with Crippen molar-refractivity contribution in [2.24, 2.45) is 5.73 Å². The Morgan fingerprint density at radius 2 is 1.82 bits per heavy atom. The molecule has 0 fully saturated rings. The van der Waals surface area contributed by atoms with Gasteiger partial charge in [-0.15, -0.1) is 11.3 Å². The molecule has 1 aromatic carbocycles. The molecule has 0 aliphatic heterocycles. The van der Waals surface area contributed by atoms with E-state index in [1.807, 2.05) is 18.2 Å². The molecule has 17 heavy (non-hydrogen) atoms. The number of hydrogen-bond acceptors (Lipinski definition) is 2. The van der Waals surface area contributed by atoms with Crippen LogP contribution >= 0.6 is 59.1 Å². The summed E-state index contributed by atoms with van der Waals surface area (Å²) in [5, 5.41) is 0. The van der Waals surface area contributed by atoms with Gasteiger partial charge >= 0.3 is 0 Å². The highest BCUT2D eigenvalue weighted by Gasteiger charge is 2.13. The van der Waals surface area contributed by atoms with Gasteiger partial charge in [-0.1, -0.05) is 34.1 Å². The summed E-state index contributed by atoms with van der Waals surface area (Å²) in [6.45, 7) is 0. The first-order valence-electron chi connectivity index (χ1n) is 5.01. The lowest BCUT2D eigenvalue weighted by Crippen LogP contribution is -2.12. The first-order chi connectivity index (χ1) is 8.08. The van der Waals surface area contributed by atoms with Crippen LogP contribution in [-0.4, -0.2) is 0 Å². The van der Waals surface area contributed by atoms with Crippen LogP contribution in [0.1, 0.15) is 16.5 Å². The van der Waals surface area contributed by atoms with Gasteiger partial charge in [0.2, 0.25) is 0 Å². The third-order valence-electron chi connectivity index (χ3n) is 2.43. The van der Waals surface area contributed by atoms with Crippen LogP contribution in [0.5, 0.6) is 0 Å². The van der Waals surface area contributed by atoms with E-state index >= 15 is 0 Å². The Morgan fingerprint density at radius 1 is 1.12 bits per heavy atom. The molecule has 1 unspecified atom stereocenters. The van der Waals surface area contributed by atoms with E-state index in [1.165, 1.54) is 10.4 Å². The molecular weight excluding hydrogens is 430 g/mol. The number of halogens is 3. The number of rotatable bonds is 3. The first kappa shape index (κ1) is 13.7. The van der Waals surface area contributed by atoms with E-state index in [2.05, 4.69) is 59.9 Å². The van der Waals surface area contributed by atoms with E-state index in [-0.39, 0.29) is 6.04 Å². The first-order valence-corrected chi connectivity index (χ1v) is 8.21. The summed E-state index contributed by atoms with van der Waals surface area (Å²) in [4.78, 5) is 1.18. The van der Waals surface area contributed by atoms with Gasteiger partial charge in [0.05, 0.1) is 3.79 Å². The molecule has 0 aliphatic carbocycles. The zero-order valence-electron chi connectivity index (χ0n) is 8.79. The van der Waals surface area contributed by atoms with Crippen LogP contribution in [0.25, 0.3) is 0 Å². The molecule has 0 saturated heterocycles. The zero-order chi connectivity index (χ0) is 12.4. The zero-order valence-corrected chi connectivity index (χ0v) is 14.4. The Labute approximate surface area is 130 Å². The van der Waals surface area contributed by atoms with Crippen molar-refractivity contribution in [3.8, 4) is 0 Å². The molecule has 1 heterocycles. The lowest BCUT2D eigenvalue weighted by Gasteiger charge is -2.10. The van der Waals surface area contributed by atoms with Gasteiger partial charge in [0.1, 0.15) is 0 Å². The Kier molecular flexibility index (Phi) is 4.83. The normalized spacial score (nSPS) is 12.7. The van der Waals surface area contributed by atoms with E-state index in [1.54, 1.807) is 11.3 Å². The van der Waals surface area contributed by atoms with Gasteiger partial charge in [-0.3, -0.25) is 0 Å². The van der Waals surface area contributed by atoms with E-state index in [0.717, 1.165) is 19.2 Å². The maximum absolute atomic E-state index is 6.23. The van der Waals surface area contributed by atoms with Crippen LogP contribution in [0.4, 0.5) is 0 Å². The fraction of sp³-hybridized carbons (Fsp3) is 0.167. The topological polar surface area (TPSA) is 26.0 Å². The SMILES string of the molecule is NC(Cc1ccccc1Br)c1cc(Br)c(Br)s1. The second-order valence-corrected chi connectivity index (χ2v) is 7.78. The largest absolute Gasteiger partial charge is 0.323 e. The molecular formula is C12H10Br3NS. The van der Waals surface area contributed by atoms with Crippen LogP contribution < -0.4 is 5.73 Å². The Hall–Kier alpha value is 0.320. The van der Waals surface area contributed by atoms with Gasteiger partial charge in [0.25, 0.3) is 0 Å². The monoisotopic (exact) mass is 437 g/mol. The quantitative estimate of drug-likeness (QED) is 0.691. The lowest BCUT2D eigenvalue weighted by atomic mass is 10.1. The fourth-order valence-corrected chi connectivity index (χ4v) is 4.09. The highest BCUT2D eigenvalue weighted by atomic mass is 79.9. The molecule has 0 spiro atoms. The molecule has 2 aromatic rings. The van der Waals surface area contributed by atoms with Crippen molar-refractivity contribution in [2.75, 3.05) is 0 Å². The van der Waals surface area contributed by atoms with E-state index in [9.17, 15) is 0 Å². The summed E-state index contributed by atoms with van der Waals surface area (Å²) in [5.41, 5.74) is 7.46. The molecule has 2 N–H and O–H groups in total. The molecule has 0 radical (unpaired) electrons. The standard InChI is InChI=1S/C12H10Br3NS/c13-8-4-2-1-3-7(8)5-10(16)11-6-9(14)12(15)17-11/h1-4,6,10H,5,16H2. The summed E-state index contributed by atoms with van der Waals surface area (Å²) >= 11 is 12.2. The summed E-state index contributed by atoms with van der Waals surface area (Å²) < 4.78 is 3.28. The molecule has 0 saturated carbocycles. The maximum atomic E-state index is 6.23. The smallest absolute Gasteiger partial charge is 0.0843 e. The molecule has 0 aliphatic rings. The fourth-order valence-electron chi connectivity index (χ4n) is 1.55. The summed E-state index contributed by atoms with van der Waals surface area (Å²) in [5.74, 6) is 0. The van der Waals surface area contributed by atoms with Crippen molar-refractivity contribution in [1.82, 2.24) is 0 Å². The Bertz CT molecular complexity index is 505. The summed E-state index contributed by atoms with van der Waals surface area (Å²) in [6, 6.07) is 10.3. The molecule has 2 rings (SSSR count). The van der Waals surface area contributed by atoms with Crippen molar-refractivity contribution in [3.63, 3.8) is 0 Å². The minimum Gasteiger partial charge on any atom is -0.323 e. The summed E-state index contributed by atoms with van der Waals surface area (Å²) in [6.07, 6.45) is 0.834. The van der Waals surface area contributed by atoms with Crippen LogP contribution in [0.15, 0.2) is 43.1 Å². The molecule has 90 valence electrons. The van der Waals surface area contributed by atoms with Gasteiger partial charge in [0.15, 0.2) is 0 Å². The van der Waals surface area contributed by atoms with Gasteiger partial charge in [-0.25, -0.2) is 0 Å². The summed E-state index contributed by atoms with van der Waals surface area (Å²) in [7, 11) is 0. The highest BCUT2D eigenvalue weighted by molar-refractivity contribution is 9.13. The van der Waals surface area contributed by atoms with Crippen molar-refractivity contribution < 1.29 is 0 Å². The van der Waals surface area contributed by atoms with Crippen molar-refractivity contribution in [2.45, 2.75) is 12.5 Å². The van der Waals surface area contributed by atoms with Gasteiger partial charge in [-0.05, 0) is 56.0 Å². The average Bonchev–Trinajstić information content (AvgIpc) is 2.63. The number of thiophene rings is 1. The lowest BCUT2D eigenvalue weighted by molar-refractivity contribution is 0.734. The van der Waals surface area contributed by atoms with Crippen LogP contribution in [0.3, 0.4) is 0 Å². The van der Waals surface area contributed by atoms with E-state index in [0.29, 0.717) is 0 Å². The van der Waals surface area contributed by atoms with Crippen molar-refractivity contribution in [3.05, 3.63) is 53.5 Å². The minimum atomic E-state index is 0.0290. The van der Waals surface area contributed by atoms with Crippen LogP contribution in [0, 0.1) is 0 Å². The highest BCUT2D eigenvalue weighted by Crippen LogP contribution is 2.36. The predicted octanol–water partition coefficient (Wildman–Crippen LogP) is 5.28. The van der Waals surface area contributed by atoms with E-state index in [4.69, 9.17) is 5.73 Å². The number of hydrogen-bond donors (Lipinski definition) is 1. The van der Waals surface area contributed by atoms with Crippen LogP contribution in [0.2, 0.25) is 0 Å². The van der Waals surface area contributed by atoms with Gasteiger partial charge in [0, 0.05) is 19.9 Å². The number of benzene rings is 1. The minimum absolute atomic E-state index is 0.0290. The van der Waals surface area contributed by atoms with Crippen LogP contribution in [-0.2, 0) is 6.42 Å².